The molecule has 0 bridgehead atoms. The number of aromatic nitrogens is 4. The molecule has 3 aliphatic heterocycles. The number of anilines is 1. The summed E-state index contributed by atoms with van der Waals surface area (Å²) in [6.45, 7) is -0.400. The van der Waals surface area contributed by atoms with Crippen LogP contribution in [0.4, 0.5) is 23.8 Å². The minimum Gasteiger partial charge on any atom is -0.475 e. The lowest BCUT2D eigenvalue weighted by Gasteiger charge is -2.17. The molecule has 18 nitrogen and oxygen atoms in total. The lowest BCUT2D eigenvalue weighted by atomic mass is 10.0. The molecule has 3 aliphatic rings. The lowest BCUT2D eigenvalue weighted by Crippen LogP contribution is -2.45. The molecule has 250 valence electrons. The van der Waals surface area contributed by atoms with E-state index in [1.165, 1.54) is 17.2 Å². The van der Waals surface area contributed by atoms with Gasteiger partial charge in [0.15, 0.2) is 17.7 Å². The number of hydrogen-bond donors (Lipinski definition) is 8. The van der Waals surface area contributed by atoms with E-state index in [0.29, 0.717) is 12.8 Å². The number of nitrogens with one attached hydrogen (secondary N) is 4. The summed E-state index contributed by atoms with van der Waals surface area (Å²) in [5, 5.41) is 34.1. The molecule has 0 saturated carbocycles. The molecule has 3 amide bonds. The van der Waals surface area contributed by atoms with Crippen molar-refractivity contribution in [1.29, 1.82) is 0 Å². The first-order chi connectivity index (χ1) is 21.1. The third-order valence-electron chi connectivity index (χ3n) is 7.04. The molecule has 23 heteroatoms. The van der Waals surface area contributed by atoms with Crippen molar-refractivity contribution in [3.63, 3.8) is 0 Å². The van der Waals surface area contributed by atoms with E-state index in [4.69, 9.17) is 20.4 Å². The number of hydrogen-bond acceptors (Lipinski definition) is 13. The summed E-state index contributed by atoms with van der Waals surface area (Å²) in [6.07, 6.45) is -5.58. The van der Waals surface area contributed by atoms with Crippen LogP contribution in [0.1, 0.15) is 31.9 Å². The molecule has 3 saturated heterocycles. The highest BCUT2D eigenvalue weighted by Crippen LogP contribution is 2.33. The number of carboxylic acids is 1. The number of aliphatic carboxylic acids is 1. The fourth-order valence-corrected chi connectivity index (χ4v) is 7.29. The zero-order valence-electron chi connectivity index (χ0n) is 23.0. The monoisotopic (exact) mass is 685 g/mol. The van der Waals surface area contributed by atoms with E-state index in [9.17, 15) is 41.4 Å². The van der Waals surface area contributed by atoms with Crippen molar-refractivity contribution in [2.24, 2.45) is 0 Å². The second-order valence-corrected chi connectivity index (χ2v) is 12.9. The molecule has 9 N–H and O–H groups in total. The van der Waals surface area contributed by atoms with Gasteiger partial charge in [0.25, 0.3) is 0 Å². The van der Waals surface area contributed by atoms with Gasteiger partial charge < -0.3 is 36.4 Å². The van der Waals surface area contributed by atoms with Gasteiger partial charge in [0, 0.05) is 24.0 Å². The number of ether oxygens (including phenoxy) is 1. The van der Waals surface area contributed by atoms with Gasteiger partial charge in [0.05, 0.1) is 18.4 Å². The Bertz CT molecular complexity index is 1510. The molecule has 7 atom stereocenters. The molecule has 5 heterocycles. The highest BCUT2D eigenvalue weighted by Gasteiger charge is 2.45. The molecule has 45 heavy (non-hydrogen) atoms. The third-order valence-corrected chi connectivity index (χ3v) is 9.60. The summed E-state index contributed by atoms with van der Waals surface area (Å²) < 4.78 is 67.7. The number of carbonyl (C=O) groups is 3. The number of fused-ring (bicyclic) bond motifs is 2. The number of nitrogen functional groups attached to an aromatic ring is 1. The average molecular weight is 686 g/mol. The summed E-state index contributed by atoms with van der Waals surface area (Å²) in [5.41, 5.74) is 6.34. The number of nitrogens with two attached hydrogens (primary N) is 1. The summed E-state index contributed by atoms with van der Waals surface area (Å²) >= 11 is 1.77. The Kier molecular flexibility index (Phi) is 10.6. The number of alkyl halides is 3. The van der Waals surface area contributed by atoms with Gasteiger partial charge in [-0.1, -0.05) is 6.42 Å². The van der Waals surface area contributed by atoms with E-state index >= 15 is 0 Å². The van der Waals surface area contributed by atoms with Gasteiger partial charge in [0.1, 0.15) is 30.2 Å². The van der Waals surface area contributed by atoms with Gasteiger partial charge in [-0.25, -0.2) is 29.3 Å². The van der Waals surface area contributed by atoms with Crippen molar-refractivity contribution in [2.75, 3.05) is 18.0 Å². The molecule has 0 spiro atoms. The van der Waals surface area contributed by atoms with Crippen molar-refractivity contribution in [2.45, 2.75) is 73.7 Å². The van der Waals surface area contributed by atoms with Crippen LogP contribution in [0, 0.1) is 0 Å². The molecule has 3 fully saturated rings. The Hall–Kier alpha value is -3.51. The highest BCUT2D eigenvalue weighted by atomic mass is 32.2. The topological polar surface area (TPSA) is 273 Å². The number of urea groups is 1. The first kappa shape index (κ1) is 34.4. The van der Waals surface area contributed by atoms with E-state index in [2.05, 4.69) is 30.3 Å². The molecular formula is C22H30F3N9O9S2. The second-order valence-electron chi connectivity index (χ2n) is 10.2. The SMILES string of the molecule is Nc1ncnc2c1ncn2[C@@H]1O[C@H](CNS(=O)(=O)NC(=O)CCCC[C@@H]2SC[C@@H]3NC(=O)N[C@@H]32)[C@@H](O)[C@H]1O.O=C(O)C(F)(F)F. The Morgan fingerprint density at radius 3 is 2.58 bits per heavy atom. The Morgan fingerprint density at radius 2 is 1.89 bits per heavy atom. The minimum absolute atomic E-state index is 0.0129. The lowest BCUT2D eigenvalue weighted by molar-refractivity contribution is -0.192. The van der Waals surface area contributed by atoms with Crippen LogP contribution in [0.5, 0.6) is 0 Å². The fraction of sp³-hybridized carbons (Fsp3) is 0.636. The van der Waals surface area contributed by atoms with Gasteiger partial charge in [-0.2, -0.15) is 38.1 Å². The zero-order chi connectivity index (χ0) is 33.1. The average Bonchev–Trinajstić information content (AvgIpc) is 3.70. The van der Waals surface area contributed by atoms with Crippen molar-refractivity contribution < 1.29 is 56.0 Å². The number of aliphatic hydroxyl groups excluding tert-OH is 2. The van der Waals surface area contributed by atoms with Crippen LogP contribution in [0.15, 0.2) is 12.7 Å². The normalized spacial score (nSPS) is 27.8. The Labute approximate surface area is 256 Å². The van der Waals surface area contributed by atoms with E-state index in [-0.39, 0.29) is 46.8 Å². The number of unbranched alkanes of at least 4 members (excludes halogenated alkanes) is 1. The van der Waals surface area contributed by atoms with Crippen molar-refractivity contribution in [1.82, 2.24) is 39.6 Å². The van der Waals surface area contributed by atoms with E-state index in [0.717, 1.165) is 12.2 Å². The smallest absolute Gasteiger partial charge is 0.475 e. The molecule has 0 aromatic carbocycles. The maximum Gasteiger partial charge on any atom is 0.490 e. The van der Waals surface area contributed by atoms with Gasteiger partial charge >= 0.3 is 28.4 Å². The molecule has 2 aromatic heterocycles. The number of nitrogens with zero attached hydrogens (tertiary/aromatic N) is 4. The fourth-order valence-electron chi connectivity index (χ4n) is 4.89. The molecule has 5 rings (SSSR count). The van der Waals surface area contributed by atoms with Crippen LogP contribution in [0.2, 0.25) is 0 Å². The van der Waals surface area contributed by atoms with E-state index in [1.807, 2.05) is 4.72 Å². The summed E-state index contributed by atoms with van der Waals surface area (Å²) in [4.78, 5) is 44.6. The van der Waals surface area contributed by atoms with E-state index in [1.54, 1.807) is 11.8 Å². The second kappa shape index (κ2) is 13.9. The number of carboxylic acid groups (broad SMARTS) is 1. The first-order valence-corrected chi connectivity index (χ1v) is 15.8. The van der Waals surface area contributed by atoms with Crippen LogP contribution < -0.4 is 25.8 Å². The van der Waals surface area contributed by atoms with Gasteiger partial charge in [-0.15, -0.1) is 0 Å². The van der Waals surface area contributed by atoms with Crippen LogP contribution in [0.25, 0.3) is 11.2 Å². The maximum absolute atomic E-state index is 12.4. The predicted octanol–water partition coefficient (Wildman–Crippen LogP) is -1.66. The minimum atomic E-state index is -5.08. The van der Waals surface area contributed by atoms with Crippen molar-refractivity contribution in [3.8, 4) is 0 Å². The van der Waals surface area contributed by atoms with Gasteiger partial charge in [-0.05, 0) is 12.8 Å². The zero-order valence-corrected chi connectivity index (χ0v) is 24.7. The number of thioether (sulfide) groups is 1. The molecule has 0 aliphatic carbocycles. The Morgan fingerprint density at radius 1 is 1.18 bits per heavy atom. The third kappa shape index (κ3) is 8.40. The number of aliphatic hydroxyl groups is 2. The molecule has 0 unspecified atom stereocenters. The standard InChI is InChI=1S/C20H29N9O7S2.C2HF3O2/c21-17-14-18(23-7-22-17)29(8-24-14)19-16(32)15(31)10(36-19)5-25-38(34,35)28-12(30)4-2-1-3-11-13-9(6-37-11)26-20(33)27-13;3-2(4,5)1(6)7/h7-11,13,15-16,19,25,31-32H,1-6H2,(H,28,30)(H2,21,22,23)(H2,26,27,33);(H,6,7)/t9-,10+,11-,13-,15+,16+,19+;/m0./s1. The molecule has 0 radical (unpaired) electrons. The van der Waals surface area contributed by atoms with E-state index < -0.39 is 59.3 Å². The summed E-state index contributed by atoms with van der Waals surface area (Å²) in [5.74, 6) is -2.45. The van der Waals surface area contributed by atoms with Crippen molar-refractivity contribution >= 4 is 56.9 Å². The van der Waals surface area contributed by atoms with Crippen LogP contribution in [-0.2, 0) is 24.5 Å². The summed E-state index contributed by atoms with van der Waals surface area (Å²) in [7, 11) is -4.23. The van der Waals surface area contributed by atoms with Crippen LogP contribution in [-0.4, -0.2) is 115 Å². The highest BCUT2D eigenvalue weighted by molar-refractivity contribution is 8.00. The number of halogens is 3. The van der Waals surface area contributed by atoms with Gasteiger partial charge in [0.2, 0.25) is 5.91 Å². The van der Waals surface area contributed by atoms with Crippen LogP contribution in [0.3, 0.4) is 0 Å². The maximum atomic E-state index is 12.4. The Balaban J connectivity index is 0.000000591. The number of imidazole rings is 1. The number of amides is 3. The first-order valence-electron chi connectivity index (χ1n) is 13.3. The number of carbonyl (C=O) groups excluding carboxylic acids is 2. The summed E-state index contributed by atoms with van der Waals surface area (Å²) in [6, 6.07) is 0.0526. The largest absolute Gasteiger partial charge is 0.490 e. The van der Waals surface area contributed by atoms with Crippen LogP contribution >= 0.6 is 11.8 Å². The van der Waals surface area contributed by atoms with Crippen molar-refractivity contribution in [3.05, 3.63) is 12.7 Å². The quantitative estimate of drug-likeness (QED) is 0.103. The number of rotatable bonds is 10. The molecule has 2 aromatic rings. The molecular weight excluding hydrogens is 655 g/mol. The predicted molar refractivity (Wildman–Crippen MR) is 148 cm³/mol. The van der Waals surface area contributed by atoms with Gasteiger partial charge in [-0.3, -0.25) is 9.36 Å².